The van der Waals surface area contributed by atoms with Gasteiger partial charge in [0.2, 0.25) is 0 Å². The molecule has 1 unspecified atom stereocenters. The Balaban J connectivity index is 4.20. The molecule has 0 spiro atoms. The fraction of sp³-hybridized carbons (Fsp3) is 0.800. The molecule has 0 saturated carbocycles. The second-order valence-electron chi connectivity index (χ2n) is 6.80. The molecule has 0 saturated heterocycles. The molecule has 0 aliphatic heterocycles. The van der Waals surface area contributed by atoms with Crippen molar-refractivity contribution in [3.63, 3.8) is 0 Å². The van der Waals surface area contributed by atoms with Gasteiger partial charge in [-0.1, -0.05) is 26.8 Å². The van der Waals surface area contributed by atoms with E-state index in [-0.39, 0.29) is 16.9 Å². The van der Waals surface area contributed by atoms with Crippen LogP contribution in [0, 0.1) is 0 Å². The first-order valence-electron chi connectivity index (χ1n) is 7.00. The zero-order chi connectivity index (χ0) is 15.3. The summed E-state index contributed by atoms with van der Waals surface area (Å²) in [6.07, 6.45) is 3.98. The summed E-state index contributed by atoms with van der Waals surface area (Å²) in [6.45, 7) is 14.7. The van der Waals surface area contributed by atoms with Crippen molar-refractivity contribution in [2.24, 2.45) is 0 Å². The van der Waals surface area contributed by atoms with E-state index < -0.39 is 14.4 Å². The lowest BCUT2D eigenvalue weighted by Crippen LogP contribution is -2.43. The summed E-state index contributed by atoms with van der Waals surface area (Å²) in [4.78, 5) is 10.8. The lowest BCUT2D eigenvalue weighted by molar-refractivity contribution is -0.112. The van der Waals surface area contributed by atoms with Gasteiger partial charge in [-0.3, -0.25) is 4.79 Å². The molecule has 112 valence electrons. The molecule has 0 rings (SSSR count). The van der Waals surface area contributed by atoms with E-state index in [9.17, 15) is 9.90 Å². The van der Waals surface area contributed by atoms with Crippen molar-refractivity contribution in [1.29, 1.82) is 0 Å². The predicted octanol–water partition coefficient (Wildman–Crippen LogP) is 3.68. The molecule has 0 amide bonds. The van der Waals surface area contributed by atoms with Crippen molar-refractivity contribution < 1.29 is 14.3 Å². The van der Waals surface area contributed by atoms with Crippen LogP contribution < -0.4 is 0 Å². The summed E-state index contributed by atoms with van der Waals surface area (Å²) in [6, 6.07) is 0. The highest BCUT2D eigenvalue weighted by molar-refractivity contribution is 6.74. The van der Waals surface area contributed by atoms with Crippen molar-refractivity contribution in [3.8, 4) is 0 Å². The molecular formula is C15H30O3Si. The number of carbonyl (C=O) groups is 1. The van der Waals surface area contributed by atoms with Gasteiger partial charge >= 0.3 is 0 Å². The molecule has 0 aliphatic rings. The number of hydrogen-bond acceptors (Lipinski definition) is 3. The second-order valence-corrected chi connectivity index (χ2v) is 11.6. The summed E-state index contributed by atoms with van der Waals surface area (Å²) >= 11 is 0. The lowest BCUT2D eigenvalue weighted by atomic mass is 10.1. The van der Waals surface area contributed by atoms with Gasteiger partial charge in [0.1, 0.15) is 0 Å². The molecule has 2 atom stereocenters. The van der Waals surface area contributed by atoms with Gasteiger partial charge in [-0.2, -0.15) is 0 Å². The number of carbonyl (C=O) groups excluding carboxylic acids is 1. The summed E-state index contributed by atoms with van der Waals surface area (Å²) in [5, 5.41) is 9.92. The average molecular weight is 286 g/mol. The zero-order valence-corrected chi connectivity index (χ0v) is 14.5. The van der Waals surface area contributed by atoms with E-state index in [0.29, 0.717) is 6.42 Å². The number of rotatable bonds is 7. The van der Waals surface area contributed by atoms with Crippen LogP contribution in [0.2, 0.25) is 18.1 Å². The largest absolute Gasteiger partial charge is 0.414 e. The molecule has 0 fully saturated rings. The van der Waals surface area contributed by atoms with Crippen LogP contribution in [-0.4, -0.2) is 31.4 Å². The third-order valence-electron chi connectivity index (χ3n) is 3.72. The number of aliphatic hydroxyl groups excluding tert-OH is 1. The van der Waals surface area contributed by atoms with Gasteiger partial charge in [-0.15, -0.1) is 0 Å². The molecule has 0 aromatic carbocycles. The lowest BCUT2D eigenvalue weighted by Gasteiger charge is -2.38. The predicted molar refractivity (Wildman–Crippen MR) is 82.8 cm³/mol. The summed E-state index contributed by atoms with van der Waals surface area (Å²) in [5.41, 5.74) is 0. The monoisotopic (exact) mass is 286 g/mol. The highest BCUT2D eigenvalue weighted by atomic mass is 28.4. The van der Waals surface area contributed by atoms with Crippen LogP contribution in [0.1, 0.15) is 47.5 Å². The SMILES string of the molecule is CC(=O)/C=C/C(O)CC[C@@H](C)O[Si](C)(C)C(C)(C)C. The fourth-order valence-corrected chi connectivity index (χ4v) is 2.96. The highest BCUT2D eigenvalue weighted by Crippen LogP contribution is 2.37. The minimum atomic E-state index is -1.73. The number of aliphatic hydroxyl groups is 1. The first-order chi connectivity index (χ1) is 8.45. The maximum atomic E-state index is 10.8. The molecule has 19 heavy (non-hydrogen) atoms. The summed E-state index contributed by atoms with van der Waals surface area (Å²) in [7, 11) is -1.73. The molecule has 0 heterocycles. The number of ketones is 1. The van der Waals surface area contributed by atoms with E-state index in [2.05, 4.69) is 40.8 Å². The first-order valence-corrected chi connectivity index (χ1v) is 9.91. The van der Waals surface area contributed by atoms with Gasteiger partial charge in [0.15, 0.2) is 14.1 Å². The topological polar surface area (TPSA) is 46.5 Å². The third-order valence-corrected chi connectivity index (χ3v) is 8.33. The Bertz CT molecular complexity index is 316. The zero-order valence-electron chi connectivity index (χ0n) is 13.5. The first kappa shape index (κ1) is 18.5. The normalized spacial score (nSPS) is 16.6. The Morgan fingerprint density at radius 3 is 2.26 bits per heavy atom. The van der Waals surface area contributed by atoms with Crippen molar-refractivity contribution >= 4 is 14.1 Å². The third kappa shape index (κ3) is 7.65. The van der Waals surface area contributed by atoms with Gasteiger partial charge in [0, 0.05) is 6.10 Å². The smallest absolute Gasteiger partial charge is 0.192 e. The Morgan fingerprint density at radius 1 is 1.32 bits per heavy atom. The van der Waals surface area contributed by atoms with Gasteiger partial charge in [-0.25, -0.2) is 0 Å². The van der Waals surface area contributed by atoms with Crippen molar-refractivity contribution in [2.45, 2.75) is 77.8 Å². The second kappa shape index (κ2) is 7.36. The Kier molecular flexibility index (Phi) is 7.19. The van der Waals surface area contributed by atoms with Crippen LogP contribution in [0.15, 0.2) is 12.2 Å². The molecule has 4 heteroatoms. The number of hydrogen-bond donors (Lipinski definition) is 1. The van der Waals surface area contributed by atoms with Crippen LogP contribution in [0.5, 0.6) is 0 Å². The standard InChI is InChI=1S/C15H30O3Si/c1-12(16)8-10-14(17)11-9-13(2)18-19(6,7)15(3,4)5/h8,10,13-14,17H,9,11H2,1-7H3/b10-8+/t13-,14?/m1/s1. The van der Waals surface area contributed by atoms with Gasteiger partial charge < -0.3 is 9.53 Å². The van der Waals surface area contributed by atoms with Crippen LogP contribution in [0.25, 0.3) is 0 Å². The minimum Gasteiger partial charge on any atom is -0.414 e. The van der Waals surface area contributed by atoms with E-state index in [1.165, 1.54) is 13.0 Å². The van der Waals surface area contributed by atoms with Crippen LogP contribution >= 0.6 is 0 Å². The van der Waals surface area contributed by atoms with Crippen LogP contribution in [0.3, 0.4) is 0 Å². The minimum absolute atomic E-state index is 0.0374. The number of allylic oxidation sites excluding steroid dienone is 1. The van der Waals surface area contributed by atoms with Gasteiger partial charge in [0.05, 0.1) is 6.10 Å². The Hall–Kier alpha value is -0.453. The molecule has 1 N–H and O–H groups in total. The maximum absolute atomic E-state index is 10.8. The molecule has 0 radical (unpaired) electrons. The van der Waals surface area contributed by atoms with Crippen molar-refractivity contribution in [3.05, 3.63) is 12.2 Å². The molecule has 0 aromatic heterocycles. The molecular weight excluding hydrogens is 256 g/mol. The molecule has 0 bridgehead atoms. The summed E-state index contributed by atoms with van der Waals surface area (Å²) in [5.74, 6) is -0.0374. The van der Waals surface area contributed by atoms with E-state index in [1.54, 1.807) is 6.08 Å². The average Bonchev–Trinajstić information content (AvgIpc) is 2.21. The van der Waals surface area contributed by atoms with E-state index in [4.69, 9.17) is 4.43 Å². The maximum Gasteiger partial charge on any atom is 0.192 e. The van der Waals surface area contributed by atoms with E-state index >= 15 is 0 Å². The van der Waals surface area contributed by atoms with E-state index in [1.807, 2.05) is 0 Å². The fourth-order valence-electron chi connectivity index (χ4n) is 1.49. The summed E-state index contributed by atoms with van der Waals surface area (Å²) < 4.78 is 6.21. The van der Waals surface area contributed by atoms with Gasteiger partial charge in [0.25, 0.3) is 0 Å². The van der Waals surface area contributed by atoms with Crippen LogP contribution in [0.4, 0.5) is 0 Å². The molecule has 0 aromatic rings. The van der Waals surface area contributed by atoms with E-state index in [0.717, 1.165) is 6.42 Å². The Labute approximate surface area is 119 Å². The Morgan fingerprint density at radius 2 is 1.84 bits per heavy atom. The highest BCUT2D eigenvalue weighted by Gasteiger charge is 2.38. The van der Waals surface area contributed by atoms with Gasteiger partial charge in [-0.05, 0) is 50.9 Å². The van der Waals surface area contributed by atoms with Crippen molar-refractivity contribution in [1.82, 2.24) is 0 Å². The molecule has 0 aliphatic carbocycles. The quantitative estimate of drug-likeness (QED) is 0.573. The van der Waals surface area contributed by atoms with Crippen LogP contribution in [-0.2, 0) is 9.22 Å². The van der Waals surface area contributed by atoms with Crippen molar-refractivity contribution in [2.75, 3.05) is 0 Å². The molecule has 3 nitrogen and oxygen atoms in total.